The van der Waals surface area contributed by atoms with Gasteiger partial charge in [-0.1, -0.05) is 40.2 Å². The van der Waals surface area contributed by atoms with Crippen LogP contribution in [0.5, 0.6) is 0 Å². The Bertz CT molecular complexity index is 652. The van der Waals surface area contributed by atoms with E-state index >= 15 is 0 Å². The zero-order valence-electron chi connectivity index (χ0n) is 8.25. The SMILES string of the molecule is Cc1ccc(Br)c2c1oc1ccccc12. The van der Waals surface area contributed by atoms with Crippen molar-refractivity contribution in [1.29, 1.82) is 0 Å². The first-order valence-electron chi connectivity index (χ1n) is 4.84. The molecule has 0 aliphatic carbocycles. The van der Waals surface area contributed by atoms with Crippen LogP contribution in [0.4, 0.5) is 0 Å². The van der Waals surface area contributed by atoms with E-state index in [9.17, 15) is 0 Å². The van der Waals surface area contributed by atoms with Crippen molar-refractivity contribution in [2.24, 2.45) is 0 Å². The van der Waals surface area contributed by atoms with E-state index in [0.717, 1.165) is 15.6 Å². The number of aryl methyl sites for hydroxylation is 1. The number of benzene rings is 2. The Morgan fingerprint density at radius 1 is 1.07 bits per heavy atom. The molecule has 0 unspecified atom stereocenters. The van der Waals surface area contributed by atoms with Gasteiger partial charge in [-0.3, -0.25) is 0 Å². The summed E-state index contributed by atoms with van der Waals surface area (Å²) in [6, 6.07) is 12.3. The van der Waals surface area contributed by atoms with Gasteiger partial charge in [-0.2, -0.15) is 0 Å². The van der Waals surface area contributed by atoms with E-state index in [1.54, 1.807) is 0 Å². The molecule has 2 aromatic carbocycles. The maximum atomic E-state index is 5.83. The largest absolute Gasteiger partial charge is 0.456 e. The van der Waals surface area contributed by atoms with E-state index in [1.807, 2.05) is 18.2 Å². The first-order chi connectivity index (χ1) is 7.27. The normalized spacial score (nSPS) is 11.3. The fourth-order valence-corrected chi connectivity index (χ4v) is 2.44. The number of halogens is 1. The average Bonchev–Trinajstić information content (AvgIpc) is 2.64. The van der Waals surface area contributed by atoms with E-state index in [2.05, 4.69) is 41.1 Å². The lowest BCUT2D eigenvalue weighted by molar-refractivity contribution is 0.665. The molecule has 0 atom stereocenters. The van der Waals surface area contributed by atoms with Crippen molar-refractivity contribution in [2.45, 2.75) is 6.92 Å². The summed E-state index contributed by atoms with van der Waals surface area (Å²) in [7, 11) is 0. The number of rotatable bonds is 0. The molecule has 0 N–H and O–H groups in total. The van der Waals surface area contributed by atoms with Gasteiger partial charge in [-0.25, -0.2) is 0 Å². The molecule has 0 aliphatic heterocycles. The molecule has 0 bridgehead atoms. The monoisotopic (exact) mass is 260 g/mol. The fraction of sp³-hybridized carbons (Fsp3) is 0.0769. The molecule has 2 heteroatoms. The molecule has 3 aromatic rings. The number of para-hydroxylation sites is 1. The molecule has 0 spiro atoms. The van der Waals surface area contributed by atoms with E-state index in [4.69, 9.17) is 4.42 Å². The van der Waals surface area contributed by atoms with Gasteiger partial charge in [0.1, 0.15) is 11.2 Å². The molecule has 0 fully saturated rings. The van der Waals surface area contributed by atoms with Crippen LogP contribution in [-0.2, 0) is 0 Å². The summed E-state index contributed by atoms with van der Waals surface area (Å²) in [5.74, 6) is 0. The Balaban J connectivity index is 2.66. The van der Waals surface area contributed by atoms with Gasteiger partial charge in [0.2, 0.25) is 0 Å². The van der Waals surface area contributed by atoms with E-state index in [1.165, 1.54) is 16.3 Å². The molecule has 1 heterocycles. The number of fused-ring (bicyclic) bond motifs is 3. The van der Waals surface area contributed by atoms with Crippen molar-refractivity contribution in [3.05, 3.63) is 46.4 Å². The summed E-state index contributed by atoms with van der Waals surface area (Å²) in [5, 5.41) is 2.34. The Labute approximate surface area is 95.8 Å². The lowest BCUT2D eigenvalue weighted by Crippen LogP contribution is -1.74. The summed E-state index contributed by atoms with van der Waals surface area (Å²) in [6.07, 6.45) is 0. The minimum Gasteiger partial charge on any atom is -0.456 e. The molecule has 0 aliphatic rings. The Hall–Kier alpha value is -1.28. The summed E-state index contributed by atoms with van der Waals surface area (Å²) in [5.41, 5.74) is 3.09. The van der Waals surface area contributed by atoms with Gasteiger partial charge >= 0.3 is 0 Å². The molecule has 3 rings (SSSR count). The second-order valence-corrected chi connectivity index (χ2v) is 4.52. The maximum absolute atomic E-state index is 5.83. The lowest BCUT2D eigenvalue weighted by atomic mass is 10.1. The van der Waals surface area contributed by atoms with Crippen molar-refractivity contribution in [2.75, 3.05) is 0 Å². The summed E-state index contributed by atoms with van der Waals surface area (Å²) < 4.78 is 6.92. The molecular weight excluding hydrogens is 252 g/mol. The Kier molecular flexibility index (Phi) is 1.86. The third kappa shape index (κ3) is 1.21. The quantitative estimate of drug-likeness (QED) is 0.573. The lowest BCUT2D eigenvalue weighted by Gasteiger charge is -1.96. The van der Waals surface area contributed by atoms with Crippen molar-refractivity contribution in [3.63, 3.8) is 0 Å². The average molecular weight is 261 g/mol. The van der Waals surface area contributed by atoms with Crippen LogP contribution in [0.25, 0.3) is 21.9 Å². The van der Waals surface area contributed by atoms with Crippen LogP contribution in [0.2, 0.25) is 0 Å². The van der Waals surface area contributed by atoms with Crippen molar-refractivity contribution in [3.8, 4) is 0 Å². The van der Waals surface area contributed by atoms with Gasteiger partial charge in [0, 0.05) is 15.2 Å². The topological polar surface area (TPSA) is 13.1 Å². The van der Waals surface area contributed by atoms with Crippen LogP contribution in [-0.4, -0.2) is 0 Å². The highest BCUT2D eigenvalue weighted by Gasteiger charge is 2.10. The molecule has 74 valence electrons. The molecule has 0 amide bonds. The Morgan fingerprint density at radius 3 is 2.73 bits per heavy atom. The van der Waals surface area contributed by atoms with Crippen LogP contribution in [0.3, 0.4) is 0 Å². The highest BCUT2D eigenvalue weighted by atomic mass is 79.9. The summed E-state index contributed by atoms with van der Waals surface area (Å²) >= 11 is 3.57. The van der Waals surface area contributed by atoms with Gasteiger partial charge in [-0.15, -0.1) is 0 Å². The number of furan rings is 1. The molecule has 1 aromatic heterocycles. The fourth-order valence-electron chi connectivity index (χ4n) is 1.92. The third-order valence-electron chi connectivity index (χ3n) is 2.67. The van der Waals surface area contributed by atoms with Crippen LogP contribution in [0.15, 0.2) is 45.3 Å². The maximum Gasteiger partial charge on any atom is 0.139 e. The summed E-state index contributed by atoms with van der Waals surface area (Å²) in [6.45, 7) is 2.07. The summed E-state index contributed by atoms with van der Waals surface area (Å²) in [4.78, 5) is 0. The molecule has 0 radical (unpaired) electrons. The number of hydrogen-bond donors (Lipinski definition) is 0. The van der Waals surface area contributed by atoms with E-state index in [0.29, 0.717) is 0 Å². The van der Waals surface area contributed by atoms with E-state index in [-0.39, 0.29) is 0 Å². The van der Waals surface area contributed by atoms with Crippen molar-refractivity contribution < 1.29 is 4.42 Å². The van der Waals surface area contributed by atoms with Gasteiger partial charge < -0.3 is 4.42 Å². The standard InChI is InChI=1S/C13H9BrO/c1-8-6-7-10(14)12-9-4-2-3-5-11(9)15-13(8)12/h2-7H,1H3. The van der Waals surface area contributed by atoms with Crippen LogP contribution < -0.4 is 0 Å². The van der Waals surface area contributed by atoms with Gasteiger partial charge in [0.15, 0.2) is 0 Å². The second-order valence-electron chi connectivity index (χ2n) is 3.67. The molecule has 0 saturated heterocycles. The molecule has 15 heavy (non-hydrogen) atoms. The highest BCUT2D eigenvalue weighted by molar-refractivity contribution is 9.10. The molecule has 1 nitrogen and oxygen atoms in total. The zero-order valence-corrected chi connectivity index (χ0v) is 9.84. The minimum atomic E-state index is 0.947. The predicted molar refractivity (Wildman–Crippen MR) is 66.2 cm³/mol. The molecule has 0 saturated carbocycles. The predicted octanol–water partition coefficient (Wildman–Crippen LogP) is 4.66. The van der Waals surface area contributed by atoms with E-state index < -0.39 is 0 Å². The minimum absolute atomic E-state index is 0.947. The molecular formula is C13H9BrO. The number of hydrogen-bond acceptors (Lipinski definition) is 1. The first kappa shape index (κ1) is 8.98. The van der Waals surface area contributed by atoms with Gasteiger partial charge in [0.05, 0.1) is 0 Å². The smallest absolute Gasteiger partial charge is 0.139 e. The van der Waals surface area contributed by atoms with Crippen LogP contribution in [0.1, 0.15) is 5.56 Å². The van der Waals surface area contributed by atoms with Crippen molar-refractivity contribution in [1.82, 2.24) is 0 Å². The van der Waals surface area contributed by atoms with Crippen molar-refractivity contribution >= 4 is 37.9 Å². The van der Waals surface area contributed by atoms with Crippen LogP contribution >= 0.6 is 15.9 Å². The van der Waals surface area contributed by atoms with Gasteiger partial charge in [-0.05, 0) is 24.6 Å². The van der Waals surface area contributed by atoms with Crippen LogP contribution in [0, 0.1) is 6.92 Å². The Morgan fingerprint density at radius 2 is 1.87 bits per heavy atom. The first-order valence-corrected chi connectivity index (χ1v) is 5.63. The van der Waals surface area contributed by atoms with Gasteiger partial charge in [0.25, 0.3) is 0 Å². The highest BCUT2D eigenvalue weighted by Crippen LogP contribution is 2.35. The third-order valence-corrected chi connectivity index (χ3v) is 3.33. The zero-order chi connectivity index (χ0) is 10.4. The second kappa shape index (κ2) is 3.11.